The van der Waals surface area contributed by atoms with Crippen LogP contribution in [0.3, 0.4) is 0 Å². The van der Waals surface area contributed by atoms with Gasteiger partial charge in [0.2, 0.25) is 0 Å². The number of nitrogens with zero attached hydrogens (tertiary/aromatic N) is 2. The van der Waals surface area contributed by atoms with E-state index >= 15 is 0 Å². The lowest BCUT2D eigenvalue weighted by atomic mass is 9.99. The molecule has 0 radical (unpaired) electrons. The standard InChI is InChI=1S/C26H28ClFN6O3/c1-16-8-11-34(12-9-16)13-10-29-25(36)22-23(31-15-30-22)26(37)33-19-5-3-18(4-6-19)32-24(35)20-7-2-17(28)14-21(20)27/h2-7,14-16H,8-13H2,1H3,(H,29,36)(H,30,31)(H,32,35)(H,33,37). The van der Waals surface area contributed by atoms with Crippen molar-refractivity contribution >= 4 is 40.7 Å². The number of carbonyl (C=O) groups is 3. The van der Waals surface area contributed by atoms with Crippen LogP contribution in [0.1, 0.15) is 51.1 Å². The van der Waals surface area contributed by atoms with E-state index in [0.717, 1.165) is 50.5 Å². The second kappa shape index (κ2) is 12.0. The van der Waals surface area contributed by atoms with Gasteiger partial charge in [0.15, 0.2) is 5.69 Å². The fraction of sp³-hybridized carbons (Fsp3) is 0.308. The molecule has 1 aliphatic heterocycles. The topological polar surface area (TPSA) is 119 Å². The molecular weight excluding hydrogens is 499 g/mol. The highest BCUT2D eigenvalue weighted by Gasteiger charge is 2.21. The fourth-order valence-corrected chi connectivity index (χ4v) is 4.29. The summed E-state index contributed by atoms with van der Waals surface area (Å²) in [7, 11) is 0. The molecule has 3 aromatic rings. The molecule has 0 saturated carbocycles. The maximum atomic E-state index is 13.2. The Morgan fingerprint density at radius 3 is 2.32 bits per heavy atom. The highest BCUT2D eigenvalue weighted by Crippen LogP contribution is 2.20. The first-order valence-corrected chi connectivity index (χ1v) is 12.4. The second-order valence-electron chi connectivity index (χ2n) is 9.02. The van der Waals surface area contributed by atoms with Crippen LogP contribution >= 0.6 is 11.6 Å². The maximum Gasteiger partial charge on any atom is 0.276 e. The minimum absolute atomic E-state index is 0.00126. The summed E-state index contributed by atoms with van der Waals surface area (Å²) in [5, 5.41) is 8.21. The summed E-state index contributed by atoms with van der Waals surface area (Å²) in [4.78, 5) is 46.9. The number of imidazole rings is 1. The summed E-state index contributed by atoms with van der Waals surface area (Å²) in [5.41, 5.74) is 1.09. The van der Waals surface area contributed by atoms with Gasteiger partial charge in [0.1, 0.15) is 11.5 Å². The summed E-state index contributed by atoms with van der Waals surface area (Å²) in [6.07, 6.45) is 3.62. The number of carbonyl (C=O) groups excluding carboxylic acids is 3. The SMILES string of the molecule is CC1CCN(CCNC(=O)c2[nH]cnc2C(=O)Nc2ccc(NC(=O)c3ccc(F)cc3Cl)cc2)CC1. The molecule has 4 rings (SSSR count). The predicted molar refractivity (Wildman–Crippen MR) is 140 cm³/mol. The lowest BCUT2D eigenvalue weighted by Gasteiger charge is -2.30. The highest BCUT2D eigenvalue weighted by molar-refractivity contribution is 6.34. The summed E-state index contributed by atoms with van der Waals surface area (Å²) in [5.74, 6) is -1.24. The number of aromatic nitrogens is 2. The monoisotopic (exact) mass is 526 g/mol. The molecule has 11 heteroatoms. The van der Waals surface area contributed by atoms with Crippen LogP contribution in [0.15, 0.2) is 48.8 Å². The lowest BCUT2D eigenvalue weighted by molar-refractivity contribution is 0.0927. The molecule has 194 valence electrons. The van der Waals surface area contributed by atoms with Crippen molar-refractivity contribution in [2.24, 2.45) is 5.92 Å². The number of benzene rings is 2. The Hall–Kier alpha value is -3.76. The van der Waals surface area contributed by atoms with Crippen LogP contribution in [0.25, 0.3) is 0 Å². The fourth-order valence-electron chi connectivity index (χ4n) is 4.04. The number of anilines is 2. The number of aromatic amines is 1. The third kappa shape index (κ3) is 6.93. The molecule has 0 spiro atoms. The van der Waals surface area contributed by atoms with Crippen LogP contribution in [0, 0.1) is 11.7 Å². The van der Waals surface area contributed by atoms with E-state index in [2.05, 4.69) is 37.7 Å². The third-order valence-electron chi connectivity index (χ3n) is 6.25. The van der Waals surface area contributed by atoms with Gasteiger partial charge in [-0.25, -0.2) is 9.37 Å². The lowest BCUT2D eigenvalue weighted by Crippen LogP contribution is -2.39. The van der Waals surface area contributed by atoms with Crippen molar-refractivity contribution in [3.63, 3.8) is 0 Å². The van der Waals surface area contributed by atoms with E-state index in [-0.39, 0.29) is 22.0 Å². The van der Waals surface area contributed by atoms with Gasteiger partial charge in [-0.2, -0.15) is 0 Å². The van der Waals surface area contributed by atoms with Gasteiger partial charge < -0.3 is 25.8 Å². The smallest absolute Gasteiger partial charge is 0.276 e. The average Bonchev–Trinajstić information content (AvgIpc) is 3.37. The summed E-state index contributed by atoms with van der Waals surface area (Å²) < 4.78 is 13.2. The van der Waals surface area contributed by atoms with Crippen molar-refractivity contribution in [3.8, 4) is 0 Å². The van der Waals surface area contributed by atoms with Crippen molar-refractivity contribution in [2.75, 3.05) is 36.8 Å². The first-order valence-electron chi connectivity index (χ1n) is 12.0. The molecule has 9 nitrogen and oxygen atoms in total. The zero-order chi connectivity index (χ0) is 26.4. The van der Waals surface area contributed by atoms with Crippen LogP contribution in [0.5, 0.6) is 0 Å². The predicted octanol–water partition coefficient (Wildman–Crippen LogP) is 4.17. The molecule has 1 fully saturated rings. The van der Waals surface area contributed by atoms with Crippen LogP contribution in [-0.2, 0) is 0 Å². The van der Waals surface area contributed by atoms with Gasteiger partial charge in [-0.05, 0) is 74.3 Å². The molecule has 0 aliphatic carbocycles. The number of likely N-dealkylation sites (tertiary alicyclic amines) is 1. The summed E-state index contributed by atoms with van der Waals surface area (Å²) in [6.45, 7) is 5.53. The normalized spacial score (nSPS) is 14.2. The van der Waals surface area contributed by atoms with Crippen LogP contribution in [-0.4, -0.2) is 58.8 Å². The van der Waals surface area contributed by atoms with Crippen molar-refractivity contribution < 1.29 is 18.8 Å². The molecule has 4 N–H and O–H groups in total. The molecular formula is C26H28ClFN6O3. The van der Waals surface area contributed by atoms with Gasteiger partial charge in [-0.15, -0.1) is 0 Å². The summed E-state index contributed by atoms with van der Waals surface area (Å²) >= 11 is 5.94. The van der Waals surface area contributed by atoms with Crippen LogP contribution in [0.4, 0.5) is 15.8 Å². The Kier molecular flexibility index (Phi) is 8.52. The van der Waals surface area contributed by atoms with Crippen molar-refractivity contribution in [3.05, 3.63) is 76.6 Å². The molecule has 1 aromatic heterocycles. The number of rotatable bonds is 8. The molecule has 1 aliphatic rings. The molecule has 0 atom stereocenters. The largest absolute Gasteiger partial charge is 0.349 e. The molecule has 2 aromatic carbocycles. The van der Waals surface area contributed by atoms with E-state index in [1.165, 1.54) is 12.4 Å². The van der Waals surface area contributed by atoms with Gasteiger partial charge in [0, 0.05) is 24.5 Å². The number of amides is 3. The van der Waals surface area contributed by atoms with E-state index < -0.39 is 23.5 Å². The number of nitrogens with one attached hydrogen (secondary N) is 4. The van der Waals surface area contributed by atoms with Crippen molar-refractivity contribution in [1.29, 1.82) is 0 Å². The van der Waals surface area contributed by atoms with Crippen LogP contribution in [0.2, 0.25) is 5.02 Å². The number of hydrogen-bond acceptors (Lipinski definition) is 5. The molecule has 37 heavy (non-hydrogen) atoms. The molecule has 0 unspecified atom stereocenters. The van der Waals surface area contributed by atoms with E-state index in [9.17, 15) is 18.8 Å². The number of halogens is 2. The quantitative estimate of drug-likeness (QED) is 0.351. The van der Waals surface area contributed by atoms with Crippen molar-refractivity contribution in [2.45, 2.75) is 19.8 Å². The Morgan fingerprint density at radius 2 is 1.68 bits per heavy atom. The number of piperidine rings is 1. The Labute approximate surface area is 218 Å². The number of hydrogen-bond donors (Lipinski definition) is 4. The molecule has 2 heterocycles. The third-order valence-corrected chi connectivity index (χ3v) is 6.56. The molecule has 3 amide bonds. The van der Waals surface area contributed by atoms with Gasteiger partial charge in [0.25, 0.3) is 17.7 Å². The first kappa shape index (κ1) is 26.3. The summed E-state index contributed by atoms with van der Waals surface area (Å²) in [6, 6.07) is 9.87. The van der Waals surface area contributed by atoms with E-state index in [1.807, 2.05) is 0 Å². The average molecular weight is 527 g/mol. The first-order chi connectivity index (χ1) is 17.8. The van der Waals surface area contributed by atoms with E-state index in [1.54, 1.807) is 24.3 Å². The highest BCUT2D eigenvalue weighted by atomic mass is 35.5. The van der Waals surface area contributed by atoms with Gasteiger partial charge in [0.05, 0.1) is 16.9 Å². The molecule has 1 saturated heterocycles. The van der Waals surface area contributed by atoms with Crippen LogP contribution < -0.4 is 16.0 Å². The zero-order valence-electron chi connectivity index (χ0n) is 20.3. The minimum atomic E-state index is -0.550. The van der Waals surface area contributed by atoms with E-state index in [4.69, 9.17) is 11.6 Å². The molecule has 0 bridgehead atoms. The Bertz CT molecular complexity index is 1270. The van der Waals surface area contributed by atoms with Gasteiger partial charge >= 0.3 is 0 Å². The minimum Gasteiger partial charge on any atom is -0.349 e. The zero-order valence-corrected chi connectivity index (χ0v) is 21.1. The van der Waals surface area contributed by atoms with E-state index in [0.29, 0.717) is 17.9 Å². The maximum absolute atomic E-state index is 13.2. The Morgan fingerprint density at radius 1 is 1.03 bits per heavy atom. The van der Waals surface area contributed by atoms with Gasteiger partial charge in [-0.1, -0.05) is 18.5 Å². The Balaban J connectivity index is 1.30. The second-order valence-corrected chi connectivity index (χ2v) is 9.42. The van der Waals surface area contributed by atoms with Gasteiger partial charge in [-0.3, -0.25) is 14.4 Å². The number of H-pyrrole nitrogens is 1. The van der Waals surface area contributed by atoms with Crippen molar-refractivity contribution in [1.82, 2.24) is 20.2 Å².